The van der Waals surface area contributed by atoms with Gasteiger partial charge in [-0.15, -0.1) is 22.7 Å². The molecule has 0 saturated heterocycles. The predicted molar refractivity (Wildman–Crippen MR) is 82.4 cm³/mol. The van der Waals surface area contributed by atoms with Gasteiger partial charge >= 0.3 is 11.9 Å². The van der Waals surface area contributed by atoms with Crippen LogP contribution in [-0.2, 0) is 4.74 Å². The molecule has 3 rings (SSSR count). The van der Waals surface area contributed by atoms with Gasteiger partial charge in [-0.3, -0.25) is 0 Å². The molecular formula is C15H10O4S2. The number of esters is 2. The zero-order valence-electron chi connectivity index (χ0n) is 11.0. The van der Waals surface area contributed by atoms with Crippen LogP contribution in [0.15, 0.2) is 41.8 Å². The Morgan fingerprint density at radius 2 is 1.86 bits per heavy atom. The van der Waals surface area contributed by atoms with Crippen LogP contribution in [0, 0.1) is 0 Å². The van der Waals surface area contributed by atoms with Gasteiger partial charge in [0.05, 0.1) is 7.11 Å². The summed E-state index contributed by atoms with van der Waals surface area (Å²) in [7, 11) is 1.30. The first-order chi connectivity index (χ1) is 10.2. The number of fused-ring (bicyclic) bond motifs is 1. The fourth-order valence-corrected chi connectivity index (χ4v) is 3.53. The molecule has 0 atom stereocenters. The van der Waals surface area contributed by atoms with Gasteiger partial charge in [0.1, 0.15) is 4.88 Å². The monoisotopic (exact) mass is 318 g/mol. The molecule has 2 heterocycles. The zero-order chi connectivity index (χ0) is 14.8. The van der Waals surface area contributed by atoms with E-state index in [1.807, 2.05) is 24.3 Å². The molecule has 0 spiro atoms. The van der Waals surface area contributed by atoms with Gasteiger partial charge in [-0.25, -0.2) is 9.59 Å². The zero-order valence-corrected chi connectivity index (χ0v) is 12.6. The second-order valence-electron chi connectivity index (χ2n) is 4.11. The van der Waals surface area contributed by atoms with E-state index in [1.165, 1.54) is 29.8 Å². The molecule has 0 saturated carbocycles. The quantitative estimate of drug-likeness (QED) is 0.686. The highest BCUT2D eigenvalue weighted by Gasteiger charge is 2.23. The Labute approximate surface area is 128 Å². The van der Waals surface area contributed by atoms with Crippen LogP contribution < -0.4 is 4.74 Å². The lowest BCUT2D eigenvalue weighted by atomic mass is 10.2. The van der Waals surface area contributed by atoms with Crippen molar-refractivity contribution < 1.29 is 19.1 Å². The largest absolute Gasteiger partial charge is 0.465 e. The average Bonchev–Trinajstić information content (AvgIpc) is 3.15. The number of benzene rings is 1. The number of thiophene rings is 2. The summed E-state index contributed by atoms with van der Waals surface area (Å²) in [5.41, 5.74) is 0. The summed E-state index contributed by atoms with van der Waals surface area (Å²) in [6.45, 7) is 0. The molecule has 1 aromatic carbocycles. The number of rotatable bonds is 3. The molecule has 2 aromatic heterocycles. The number of ether oxygens (including phenoxy) is 2. The van der Waals surface area contributed by atoms with Crippen LogP contribution in [-0.4, -0.2) is 19.0 Å². The highest BCUT2D eigenvalue weighted by atomic mass is 32.1. The Morgan fingerprint density at radius 3 is 2.57 bits per heavy atom. The van der Waals surface area contributed by atoms with Gasteiger partial charge < -0.3 is 9.47 Å². The molecule has 0 N–H and O–H groups in total. The van der Waals surface area contributed by atoms with Crippen LogP contribution in [0.1, 0.15) is 19.3 Å². The Balaban J connectivity index is 2.07. The van der Waals surface area contributed by atoms with Crippen molar-refractivity contribution in [3.63, 3.8) is 0 Å². The average molecular weight is 318 g/mol. The molecule has 0 amide bonds. The van der Waals surface area contributed by atoms with E-state index in [0.717, 1.165) is 10.1 Å². The molecule has 0 unspecified atom stereocenters. The highest BCUT2D eigenvalue weighted by molar-refractivity contribution is 7.21. The van der Waals surface area contributed by atoms with E-state index in [2.05, 4.69) is 0 Å². The number of hydrogen-bond donors (Lipinski definition) is 0. The molecule has 4 nitrogen and oxygen atoms in total. The SMILES string of the molecule is COC(=O)c1sc2ccccc2c1OC(=O)c1cccs1. The van der Waals surface area contributed by atoms with Gasteiger partial charge in [0.25, 0.3) is 0 Å². The minimum atomic E-state index is -0.509. The Hall–Kier alpha value is -2.18. The van der Waals surface area contributed by atoms with Crippen molar-refractivity contribution >= 4 is 44.7 Å². The summed E-state index contributed by atoms with van der Waals surface area (Å²) in [6, 6.07) is 10.8. The predicted octanol–water partition coefficient (Wildman–Crippen LogP) is 3.97. The molecular weight excluding hydrogens is 308 g/mol. The van der Waals surface area contributed by atoms with Crippen LogP contribution >= 0.6 is 22.7 Å². The van der Waals surface area contributed by atoms with Crippen molar-refractivity contribution in [2.45, 2.75) is 0 Å². The van der Waals surface area contributed by atoms with E-state index in [9.17, 15) is 9.59 Å². The van der Waals surface area contributed by atoms with Crippen LogP contribution in [0.3, 0.4) is 0 Å². The van der Waals surface area contributed by atoms with Gasteiger partial charge in [0.15, 0.2) is 10.6 Å². The van der Waals surface area contributed by atoms with Crippen molar-refractivity contribution in [2.75, 3.05) is 7.11 Å². The molecule has 0 fully saturated rings. The maximum Gasteiger partial charge on any atom is 0.353 e. The summed E-state index contributed by atoms with van der Waals surface area (Å²) in [6.07, 6.45) is 0. The third kappa shape index (κ3) is 2.55. The molecule has 106 valence electrons. The first-order valence-electron chi connectivity index (χ1n) is 6.06. The second kappa shape index (κ2) is 5.67. The van der Waals surface area contributed by atoms with E-state index in [1.54, 1.807) is 17.5 Å². The van der Waals surface area contributed by atoms with Crippen LogP contribution in [0.25, 0.3) is 10.1 Å². The van der Waals surface area contributed by atoms with Crippen molar-refractivity contribution in [2.24, 2.45) is 0 Å². The van der Waals surface area contributed by atoms with Crippen molar-refractivity contribution in [3.8, 4) is 5.75 Å². The number of carbonyl (C=O) groups is 2. The van der Waals surface area contributed by atoms with Gasteiger partial charge in [-0.2, -0.15) is 0 Å². The molecule has 0 radical (unpaired) electrons. The van der Waals surface area contributed by atoms with Gasteiger partial charge in [0, 0.05) is 10.1 Å². The van der Waals surface area contributed by atoms with E-state index < -0.39 is 11.9 Å². The summed E-state index contributed by atoms with van der Waals surface area (Å²) >= 11 is 2.54. The minimum Gasteiger partial charge on any atom is -0.465 e. The maximum atomic E-state index is 12.1. The lowest BCUT2D eigenvalue weighted by Crippen LogP contribution is -2.09. The lowest BCUT2D eigenvalue weighted by molar-refractivity contribution is 0.0600. The Kier molecular flexibility index (Phi) is 3.72. The van der Waals surface area contributed by atoms with Gasteiger partial charge in [0.2, 0.25) is 0 Å². The second-order valence-corrected chi connectivity index (χ2v) is 6.11. The highest BCUT2D eigenvalue weighted by Crippen LogP contribution is 2.38. The summed E-state index contributed by atoms with van der Waals surface area (Å²) in [4.78, 5) is 24.8. The number of carbonyl (C=O) groups excluding carboxylic acids is 2. The Morgan fingerprint density at radius 1 is 1.05 bits per heavy atom. The third-order valence-electron chi connectivity index (χ3n) is 2.84. The molecule has 0 aliphatic heterocycles. The number of methoxy groups -OCH3 is 1. The van der Waals surface area contributed by atoms with E-state index >= 15 is 0 Å². The topological polar surface area (TPSA) is 52.6 Å². The fraction of sp³-hybridized carbons (Fsp3) is 0.0667. The van der Waals surface area contributed by atoms with Crippen LogP contribution in [0.5, 0.6) is 5.75 Å². The molecule has 0 aliphatic rings. The normalized spacial score (nSPS) is 10.5. The molecule has 6 heteroatoms. The standard InChI is InChI=1S/C15H10O4S2/c1-18-15(17)13-12(9-5-2-3-6-10(9)21-13)19-14(16)11-7-4-8-20-11/h2-8H,1H3. The summed E-state index contributed by atoms with van der Waals surface area (Å²) in [5.74, 6) is -0.718. The maximum absolute atomic E-state index is 12.1. The van der Waals surface area contributed by atoms with Crippen molar-refractivity contribution in [1.29, 1.82) is 0 Å². The minimum absolute atomic E-state index is 0.265. The molecule has 0 aliphatic carbocycles. The summed E-state index contributed by atoms with van der Waals surface area (Å²) < 4.78 is 11.1. The van der Waals surface area contributed by atoms with E-state index in [4.69, 9.17) is 9.47 Å². The van der Waals surface area contributed by atoms with Crippen LogP contribution in [0.2, 0.25) is 0 Å². The molecule has 3 aromatic rings. The van der Waals surface area contributed by atoms with Gasteiger partial charge in [-0.05, 0) is 23.6 Å². The summed E-state index contributed by atoms with van der Waals surface area (Å²) in [5, 5.41) is 2.52. The van der Waals surface area contributed by atoms with E-state index in [0.29, 0.717) is 9.75 Å². The lowest BCUT2D eigenvalue weighted by Gasteiger charge is -2.04. The molecule has 0 bridgehead atoms. The van der Waals surface area contributed by atoms with Crippen LogP contribution in [0.4, 0.5) is 0 Å². The van der Waals surface area contributed by atoms with Crippen molar-refractivity contribution in [1.82, 2.24) is 0 Å². The number of hydrogen-bond acceptors (Lipinski definition) is 6. The smallest absolute Gasteiger partial charge is 0.353 e. The third-order valence-corrected chi connectivity index (χ3v) is 4.82. The molecule has 21 heavy (non-hydrogen) atoms. The van der Waals surface area contributed by atoms with Gasteiger partial charge in [-0.1, -0.05) is 18.2 Å². The fourth-order valence-electron chi connectivity index (χ4n) is 1.89. The van der Waals surface area contributed by atoms with Crippen molar-refractivity contribution in [3.05, 3.63) is 51.5 Å². The first-order valence-corrected chi connectivity index (χ1v) is 7.76. The first kappa shape index (κ1) is 13.8. The van der Waals surface area contributed by atoms with E-state index in [-0.39, 0.29) is 5.75 Å². The Bertz CT molecular complexity index is 802.